The Balaban J connectivity index is 3.04. The normalized spacial score (nSPS) is 13.6. The van der Waals surface area contributed by atoms with Crippen LogP contribution in [-0.2, 0) is 9.59 Å². The van der Waals surface area contributed by atoms with E-state index in [2.05, 4.69) is 53.1 Å². The predicted molar refractivity (Wildman–Crippen MR) is 116 cm³/mol. The Kier molecular flexibility index (Phi) is 10.7. The summed E-state index contributed by atoms with van der Waals surface area (Å²) in [6, 6.07) is 3.67. The van der Waals surface area contributed by atoms with Gasteiger partial charge in [-0.15, -0.1) is 0 Å². The number of unbranched alkanes of at least 4 members (excludes halogenated alkanes) is 1. The molecule has 0 aliphatic carbocycles. The minimum absolute atomic E-state index is 0.255. The third kappa shape index (κ3) is 7.16. The van der Waals surface area contributed by atoms with Crippen LogP contribution in [0.15, 0.2) is 37.7 Å². The van der Waals surface area contributed by atoms with Crippen molar-refractivity contribution in [1.82, 2.24) is 0 Å². The molecule has 1 aromatic rings. The Morgan fingerprint density at radius 2 is 1.77 bits per heavy atom. The summed E-state index contributed by atoms with van der Waals surface area (Å²) in [5.41, 5.74) is 0.609. The van der Waals surface area contributed by atoms with Gasteiger partial charge in [-0.25, -0.2) is 0 Å². The number of carboxylic acids is 1. The molecular formula is C19H24Br3NO3. The van der Waals surface area contributed by atoms with Crippen LogP contribution in [0.1, 0.15) is 46.0 Å². The Bertz CT molecular complexity index is 638. The molecule has 1 amide bonds. The number of benzene rings is 1. The van der Waals surface area contributed by atoms with Gasteiger partial charge in [0.1, 0.15) is 0 Å². The predicted octanol–water partition coefficient (Wildman–Crippen LogP) is 6.78. The fourth-order valence-corrected chi connectivity index (χ4v) is 5.28. The Morgan fingerprint density at radius 3 is 2.27 bits per heavy atom. The van der Waals surface area contributed by atoms with Gasteiger partial charge in [-0.1, -0.05) is 41.4 Å². The quantitative estimate of drug-likeness (QED) is 0.248. The molecule has 2 atom stereocenters. The first-order valence-electron chi connectivity index (χ1n) is 8.61. The Labute approximate surface area is 180 Å². The number of anilines is 1. The van der Waals surface area contributed by atoms with Crippen LogP contribution in [0.25, 0.3) is 0 Å². The number of rotatable bonds is 10. The first-order chi connectivity index (χ1) is 12.3. The maximum absolute atomic E-state index is 12.9. The van der Waals surface area contributed by atoms with Crippen LogP contribution >= 0.6 is 47.8 Å². The van der Waals surface area contributed by atoms with Gasteiger partial charge in [0.05, 0.1) is 17.5 Å². The van der Waals surface area contributed by atoms with Crippen molar-refractivity contribution in [2.24, 2.45) is 11.8 Å². The molecule has 7 heteroatoms. The minimum Gasteiger partial charge on any atom is -0.481 e. The van der Waals surface area contributed by atoms with Crippen molar-refractivity contribution >= 4 is 65.4 Å². The lowest BCUT2D eigenvalue weighted by atomic mass is 9.84. The Morgan fingerprint density at radius 1 is 1.15 bits per heavy atom. The summed E-state index contributed by atoms with van der Waals surface area (Å²) in [6.45, 7) is 3.89. The van der Waals surface area contributed by atoms with Crippen molar-refractivity contribution < 1.29 is 14.7 Å². The van der Waals surface area contributed by atoms with Crippen LogP contribution in [-0.4, -0.2) is 17.0 Å². The van der Waals surface area contributed by atoms with Crippen LogP contribution in [0, 0.1) is 11.8 Å². The van der Waals surface area contributed by atoms with Gasteiger partial charge in [0, 0.05) is 13.4 Å². The fourth-order valence-electron chi connectivity index (χ4n) is 2.82. The average molecular weight is 554 g/mol. The van der Waals surface area contributed by atoms with Crippen molar-refractivity contribution in [2.45, 2.75) is 46.0 Å². The highest BCUT2D eigenvalue weighted by Crippen LogP contribution is 2.35. The van der Waals surface area contributed by atoms with E-state index in [1.807, 2.05) is 38.1 Å². The summed E-state index contributed by atoms with van der Waals surface area (Å²) in [7, 11) is 0. The van der Waals surface area contributed by atoms with Gasteiger partial charge < -0.3 is 10.4 Å². The van der Waals surface area contributed by atoms with E-state index in [0.717, 1.165) is 32.7 Å². The molecule has 0 aliphatic rings. The number of carbonyl (C=O) groups excluding carboxylic acids is 1. The second kappa shape index (κ2) is 11.9. The molecule has 144 valence electrons. The number of nitrogens with one attached hydrogen (secondary N) is 1. The monoisotopic (exact) mass is 551 g/mol. The number of amides is 1. The third-order valence-electron chi connectivity index (χ3n) is 4.12. The molecule has 0 radical (unpaired) electrons. The zero-order valence-electron chi connectivity index (χ0n) is 14.9. The summed E-state index contributed by atoms with van der Waals surface area (Å²) in [5, 5.41) is 12.5. The molecule has 0 spiro atoms. The molecule has 2 unspecified atom stereocenters. The molecule has 0 bridgehead atoms. The highest BCUT2D eigenvalue weighted by Gasteiger charge is 2.33. The molecule has 4 nitrogen and oxygen atoms in total. The van der Waals surface area contributed by atoms with Crippen LogP contribution in [0.2, 0.25) is 0 Å². The maximum atomic E-state index is 12.9. The van der Waals surface area contributed by atoms with E-state index in [4.69, 9.17) is 0 Å². The van der Waals surface area contributed by atoms with E-state index >= 15 is 0 Å². The number of hydrogen-bond donors (Lipinski definition) is 2. The smallest absolute Gasteiger partial charge is 0.307 e. The van der Waals surface area contributed by atoms with E-state index in [1.54, 1.807) is 0 Å². The summed E-state index contributed by atoms with van der Waals surface area (Å²) in [4.78, 5) is 24.7. The van der Waals surface area contributed by atoms with Crippen LogP contribution in [0.5, 0.6) is 0 Å². The standard InChI is InChI=1S/C19H24Br3NO3/c1-3-5-6-7-9-13(14(8-4-2)19(25)26)18(24)23-17-15(21)10-12(20)11-16(17)22/h3,5,10-11,13-14H,4,6-9H2,1-2H3,(H,23,24)(H,25,26). The molecule has 2 N–H and O–H groups in total. The van der Waals surface area contributed by atoms with Gasteiger partial charge in [0.2, 0.25) is 5.91 Å². The SMILES string of the molecule is CC=CCCCC(C(=O)Nc1c(Br)cc(Br)cc1Br)C(CCC)C(=O)O. The first kappa shape index (κ1) is 23.4. The molecule has 0 heterocycles. The molecule has 0 aromatic heterocycles. The van der Waals surface area contributed by atoms with Gasteiger partial charge in [-0.3, -0.25) is 9.59 Å². The summed E-state index contributed by atoms with van der Waals surface area (Å²) >= 11 is 10.3. The van der Waals surface area contributed by atoms with Gasteiger partial charge >= 0.3 is 5.97 Å². The van der Waals surface area contributed by atoms with Crippen molar-refractivity contribution in [3.05, 3.63) is 37.7 Å². The third-order valence-corrected chi connectivity index (χ3v) is 5.82. The molecule has 0 fully saturated rings. The van der Waals surface area contributed by atoms with Gasteiger partial charge in [0.15, 0.2) is 0 Å². The summed E-state index contributed by atoms with van der Waals surface area (Å²) < 4.78 is 2.32. The van der Waals surface area contributed by atoms with Gasteiger partial charge in [0.25, 0.3) is 0 Å². The van der Waals surface area contributed by atoms with Gasteiger partial charge in [-0.2, -0.15) is 0 Å². The summed E-state index contributed by atoms with van der Waals surface area (Å²) in [5.74, 6) is -2.42. The number of carbonyl (C=O) groups is 2. The zero-order chi connectivity index (χ0) is 19.7. The van der Waals surface area contributed by atoms with E-state index in [1.165, 1.54) is 0 Å². The molecule has 0 aliphatic heterocycles. The Hall–Kier alpha value is -0.660. The highest BCUT2D eigenvalue weighted by atomic mass is 79.9. The lowest BCUT2D eigenvalue weighted by Gasteiger charge is -2.23. The number of aliphatic carboxylic acids is 1. The van der Waals surface area contributed by atoms with Crippen molar-refractivity contribution in [3.63, 3.8) is 0 Å². The second-order valence-corrected chi connectivity index (χ2v) is 8.70. The lowest BCUT2D eigenvalue weighted by molar-refractivity contribution is -0.146. The minimum atomic E-state index is -0.910. The second-order valence-electron chi connectivity index (χ2n) is 6.07. The molecule has 0 saturated heterocycles. The number of hydrogen-bond acceptors (Lipinski definition) is 2. The maximum Gasteiger partial charge on any atom is 0.307 e. The van der Waals surface area contributed by atoms with E-state index in [-0.39, 0.29) is 5.91 Å². The van der Waals surface area contributed by atoms with E-state index in [0.29, 0.717) is 18.5 Å². The zero-order valence-corrected chi connectivity index (χ0v) is 19.7. The number of halogens is 3. The largest absolute Gasteiger partial charge is 0.481 e. The summed E-state index contributed by atoms with van der Waals surface area (Å²) in [6.07, 6.45) is 7.36. The van der Waals surface area contributed by atoms with Crippen molar-refractivity contribution in [1.29, 1.82) is 0 Å². The fraction of sp³-hybridized carbons (Fsp3) is 0.474. The molecule has 0 saturated carbocycles. The van der Waals surface area contributed by atoms with Crippen LogP contribution in [0.3, 0.4) is 0 Å². The van der Waals surface area contributed by atoms with Crippen molar-refractivity contribution in [3.8, 4) is 0 Å². The van der Waals surface area contributed by atoms with Gasteiger partial charge in [-0.05, 0) is 76.6 Å². The molecule has 1 rings (SSSR count). The van der Waals surface area contributed by atoms with Crippen LogP contribution < -0.4 is 5.32 Å². The molecular weight excluding hydrogens is 530 g/mol. The average Bonchev–Trinajstić information content (AvgIpc) is 2.56. The lowest BCUT2D eigenvalue weighted by Crippen LogP contribution is -2.34. The highest BCUT2D eigenvalue weighted by molar-refractivity contribution is 9.11. The van der Waals surface area contributed by atoms with Crippen molar-refractivity contribution in [2.75, 3.05) is 5.32 Å². The van der Waals surface area contributed by atoms with E-state index in [9.17, 15) is 14.7 Å². The van der Waals surface area contributed by atoms with E-state index < -0.39 is 17.8 Å². The number of allylic oxidation sites excluding steroid dienone is 2. The molecule has 1 aromatic carbocycles. The molecule has 26 heavy (non-hydrogen) atoms. The van der Waals surface area contributed by atoms with Crippen LogP contribution in [0.4, 0.5) is 5.69 Å². The topological polar surface area (TPSA) is 66.4 Å². The first-order valence-corrected chi connectivity index (χ1v) is 11.0. The number of carboxylic acid groups (broad SMARTS) is 1.